The normalized spacial score (nSPS) is 36.3. The van der Waals surface area contributed by atoms with Crippen molar-refractivity contribution < 1.29 is 0 Å². The zero-order valence-electron chi connectivity index (χ0n) is 8.87. The molecule has 0 aromatic carbocycles. The molecule has 0 saturated carbocycles. The molecule has 80 valence electrons. The average molecular weight is 211 g/mol. The third-order valence-electron chi connectivity index (χ3n) is 3.13. The molecule has 2 atom stereocenters. The quantitative estimate of drug-likeness (QED) is 0.705. The number of hydrogen-bond donors (Lipinski definition) is 1. The van der Waals surface area contributed by atoms with Crippen LogP contribution in [0, 0.1) is 0 Å². The summed E-state index contributed by atoms with van der Waals surface area (Å²) in [6.07, 6.45) is 13.0. The molecule has 1 aliphatic carbocycles. The molecule has 0 radical (unpaired) electrons. The van der Waals surface area contributed by atoms with E-state index in [1.54, 1.807) is 0 Å². The molecule has 1 saturated heterocycles. The number of thioether (sulfide) groups is 1. The van der Waals surface area contributed by atoms with Gasteiger partial charge in [0.1, 0.15) is 0 Å². The van der Waals surface area contributed by atoms with Gasteiger partial charge < -0.3 is 5.32 Å². The predicted molar refractivity (Wildman–Crippen MR) is 64.9 cm³/mol. The van der Waals surface area contributed by atoms with Crippen LogP contribution in [0.5, 0.6) is 0 Å². The zero-order valence-corrected chi connectivity index (χ0v) is 9.69. The van der Waals surface area contributed by atoms with E-state index in [0.717, 1.165) is 6.04 Å². The van der Waals surface area contributed by atoms with E-state index in [4.69, 9.17) is 0 Å². The summed E-state index contributed by atoms with van der Waals surface area (Å²) in [4.78, 5) is 0. The minimum atomic E-state index is 0.666. The molecule has 1 N–H and O–H groups in total. The third kappa shape index (κ3) is 3.32. The minimum Gasteiger partial charge on any atom is -0.307 e. The van der Waals surface area contributed by atoms with Gasteiger partial charge in [-0.1, -0.05) is 25.0 Å². The summed E-state index contributed by atoms with van der Waals surface area (Å²) in [6, 6.07) is 1.45. The number of nitrogens with one attached hydrogen (secondary N) is 1. The van der Waals surface area contributed by atoms with E-state index in [9.17, 15) is 0 Å². The highest BCUT2D eigenvalue weighted by atomic mass is 32.2. The summed E-state index contributed by atoms with van der Waals surface area (Å²) >= 11 is 2.09. The lowest BCUT2D eigenvalue weighted by Gasteiger charge is -2.20. The molecule has 0 aromatic rings. The first kappa shape index (κ1) is 10.6. The van der Waals surface area contributed by atoms with E-state index in [0.29, 0.717) is 6.04 Å². The van der Waals surface area contributed by atoms with Crippen molar-refractivity contribution in [1.82, 2.24) is 5.32 Å². The molecule has 0 bridgehead atoms. The van der Waals surface area contributed by atoms with Crippen LogP contribution in [0.15, 0.2) is 12.2 Å². The molecule has 0 amide bonds. The van der Waals surface area contributed by atoms with Gasteiger partial charge in [-0.15, -0.1) is 0 Å². The fraction of sp³-hybridized carbons (Fsp3) is 0.833. The van der Waals surface area contributed by atoms with Gasteiger partial charge >= 0.3 is 0 Å². The van der Waals surface area contributed by atoms with Gasteiger partial charge in [0.25, 0.3) is 0 Å². The molecule has 1 heterocycles. The SMILES string of the molecule is C1=C\C(NC2CCSC2)CCCCC/1. The highest BCUT2D eigenvalue weighted by Gasteiger charge is 2.18. The van der Waals surface area contributed by atoms with Crippen LogP contribution in [0.2, 0.25) is 0 Å². The first-order chi connectivity index (χ1) is 6.95. The third-order valence-corrected chi connectivity index (χ3v) is 4.30. The van der Waals surface area contributed by atoms with Crippen molar-refractivity contribution in [3.8, 4) is 0 Å². The summed E-state index contributed by atoms with van der Waals surface area (Å²) in [5.74, 6) is 2.68. The topological polar surface area (TPSA) is 12.0 Å². The molecule has 0 spiro atoms. The Hall–Kier alpha value is 0.0500. The van der Waals surface area contributed by atoms with E-state index in [1.165, 1.54) is 50.0 Å². The summed E-state index contributed by atoms with van der Waals surface area (Å²) in [6.45, 7) is 0. The second-order valence-electron chi connectivity index (χ2n) is 4.40. The van der Waals surface area contributed by atoms with Crippen LogP contribution in [0.3, 0.4) is 0 Å². The Balaban J connectivity index is 1.78. The first-order valence-electron chi connectivity index (χ1n) is 5.95. The summed E-state index contributed by atoms with van der Waals surface area (Å²) in [7, 11) is 0. The molecular formula is C12H21NS. The summed E-state index contributed by atoms with van der Waals surface area (Å²) in [5.41, 5.74) is 0. The van der Waals surface area contributed by atoms with Crippen molar-refractivity contribution in [1.29, 1.82) is 0 Å². The van der Waals surface area contributed by atoms with Crippen LogP contribution in [0.1, 0.15) is 38.5 Å². The highest BCUT2D eigenvalue weighted by Crippen LogP contribution is 2.19. The standard InChI is InChI=1S/C12H21NS/c1-2-4-6-11(7-5-3-1)13-12-8-9-14-10-12/h4,6,11-13H,1-3,5,7-10H2/b6-4-. The van der Waals surface area contributed by atoms with Gasteiger partial charge in [-0.25, -0.2) is 0 Å². The lowest BCUT2D eigenvalue weighted by Crippen LogP contribution is -2.37. The largest absolute Gasteiger partial charge is 0.307 e. The Bertz CT molecular complexity index is 185. The van der Waals surface area contributed by atoms with Crippen molar-refractivity contribution in [2.75, 3.05) is 11.5 Å². The van der Waals surface area contributed by atoms with Crippen molar-refractivity contribution in [2.45, 2.75) is 50.6 Å². The first-order valence-corrected chi connectivity index (χ1v) is 7.11. The predicted octanol–water partition coefficient (Wildman–Crippen LogP) is 2.97. The molecule has 1 fully saturated rings. The van der Waals surface area contributed by atoms with E-state index < -0.39 is 0 Å². The Labute approximate surface area is 91.7 Å². The summed E-state index contributed by atoms with van der Waals surface area (Å²) < 4.78 is 0. The monoisotopic (exact) mass is 211 g/mol. The average Bonchev–Trinajstić information content (AvgIpc) is 2.62. The van der Waals surface area contributed by atoms with Gasteiger partial charge in [-0.3, -0.25) is 0 Å². The molecule has 2 heteroatoms. The van der Waals surface area contributed by atoms with Gasteiger partial charge in [0.2, 0.25) is 0 Å². The maximum atomic E-state index is 3.78. The maximum absolute atomic E-state index is 3.78. The fourth-order valence-corrected chi connectivity index (χ4v) is 3.43. The maximum Gasteiger partial charge on any atom is 0.0252 e. The smallest absolute Gasteiger partial charge is 0.0252 e. The van der Waals surface area contributed by atoms with E-state index in [-0.39, 0.29) is 0 Å². The fourth-order valence-electron chi connectivity index (χ4n) is 2.27. The summed E-state index contributed by atoms with van der Waals surface area (Å²) in [5, 5.41) is 3.78. The van der Waals surface area contributed by atoms with Gasteiger partial charge in [0.15, 0.2) is 0 Å². The van der Waals surface area contributed by atoms with Crippen molar-refractivity contribution in [3.63, 3.8) is 0 Å². The van der Waals surface area contributed by atoms with E-state index >= 15 is 0 Å². The highest BCUT2D eigenvalue weighted by molar-refractivity contribution is 7.99. The molecule has 2 rings (SSSR count). The Morgan fingerprint density at radius 1 is 1.14 bits per heavy atom. The van der Waals surface area contributed by atoms with Crippen LogP contribution >= 0.6 is 11.8 Å². The van der Waals surface area contributed by atoms with Crippen molar-refractivity contribution in [2.24, 2.45) is 0 Å². The van der Waals surface area contributed by atoms with Crippen LogP contribution in [0.25, 0.3) is 0 Å². The van der Waals surface area contributed by atoms with E-state index in [2.05, 4.69) is 29.2 Å². The number of rotatable bonds is 2. The van der Waals surface area contributed by atoms with Gasteiger partial charge in [0.05, 0.1) is 0 Å². The second-order valence-corrected chi connectivity index (χ2v) is 5.55. The van der Waals surface area contributed by atoms with Crippen LogP contribution in [0.4, 0.5) is 0 Å². The van der Waals surface area contributed by atoms with Crippen molar-refractivity contribution in [3.05, 3.63) is 12.2 Å². The lowest BCUT2D eigenvalue weighted by molar-refractivity contribution is 0.457. The molecule has 14 heavy (non-hydrogen) atoms. The molecule has 1 aliphatic heterocycles. The van der Waals surface area contributed by atoms with Crippen LogP contribution in [-0.2, 0) is 0 Å². The Kier molecular flexibility index (Phi) is 4.39. The molecular weight excluding hydrogens is 190 g/mol. The molecule has 0 aromatic heterocycles. The van der Waals surface area contributed by atoms with Crippen LogP contribution in [-0.4, -0.2) is 23.6 Å². The van der Waals surface area contributed by atoms with Gasteiger partial charge in [-0.2, -0.15) is 11.8 Å². The minimum absolute atomic E-state index is 0.666. The Morgan fingerprint density at radius 3 is 3.00 bits per heavy atom. The van der Waals surface area contributed by atoms with E-state index in [1.807, 2.05) is 0 Å². The number of hydrogen-bond acceptors (Lipinski definition) is 2. The van der Waals surface area contributed by atoms with Gasteiger partial charge in [-0.05, 0) is 31.4 Å². The molecule has 1 nitrogen and oxygen atoms in total. The lowest BCUT2D eigenvalue weighted by atomic mass is 10.0. The van der Waals surface area contributed by atoms with Crippen LogP contribution < -0.4 is 5.32 Å². The molecule has 2 aliphatic rings. The van der Waals surface area contributed by atoms with Gasteiger partial charge in [0, 0.05) is 17.8 Å². The Morgan fingerprint density at radius 2 is 2.14 bits per heavy atom. The van der Waals surface area contributed by atoms with Crippen molar-refractivity contribution >= 4 is 11.8 Å². The second kappa shape index (κ2) is 5.82. The number of allylic oxidation sites excluding steroid dienone is 1. The molecule has 2 unspecified atom stereocenters. The zero-order chi connectivity index (χ0) is 9.64.